The van der Waals surface area contributed by atoms with E-state index in [4.69, 9.17) is 14.2 Å². The minimum absolute atomic E-state index is 0.358. The van der Waals surface area contributed by atoms with E-state index < -0.39 is 0 Å². The molecule has 1 aromatic heterocycles. The normalized spacial score (nSPS) is 10.9. The smallest absolute Gasteiger partial charge is 0.287 e. The van der Waals surface area contributed by atoms with Crippen molar-refractivity contribution < 1.29 is 19.0 Å². The molecule has 0 saturated carbocycles. The summed E-state index contributed by atoms with van der Waals surface area (Å²) in [5.74, 6) is 1.71. The van der Waals surface area contributed by atoms with Crippen molar-refractivity contribution in [3.05, 3.63) is 53.7 Å². The summed E-state index contributed by atoms with van der Waals surface area (Å²) in [6, 6.07) is 12.7. The van der Waals surface area contributed by atoms with Gasteiger partial charge in [0.1, 0.15) is 22.9 Å². The largest absolute Gasteiger partial charge is 0.496 e. The number of benzene rings is 2. The molecule has 3 aromatic rings. The van der Waals surface area contributed by atoms with Crippen molar-refractivity contribution in [3.63, 3.8) is 0 Å². The first-order chi connectivity index (χ1) is 13.2. The van der Waals surface area contributed by atoms with E-state index in [1.165, 1.54) is 0 Å². The van der Waals surface area contributed by atoms with Crippen LogP contribution < -0.4 is 19.6 Å². The fraction of sp³-hybridized carbons (Fsp3) is 0.200. The Kier molecular flexibility index (Phi) is 5.61. The average Bonchev–Trinajstić information content (AvgIpc) is 3.14. The minimum Gasteiger partial charge on any atom is -0.496 e. The maximum absolute atomic E-state index is 12.4. The summed E-state index contributed by atoms with van der Waals surface area (Å²) < 4.78 is 16.1. The Balaban J connectivity index is 1.74. The van der Waals surface area contributed by atoms with Gasteiger partial charge in [-0.2, -0.15) is 5.10 Å². The Hall–Kier alpha value is -3.48. The van der Waals surface area contributed by atoms with Crippen molar-refractivity contribution >= 4 is 23.0 Å². The van der Waals surface area contributed by atoms with Crippen LogP contribution in [-0.4, -0.2) is 37.9 Å². The Bertz CT molecular complexity index is 920. The van der Waals surface area contributed by atoms with Crippen LogP contribution in [0.15, 0.2) is 47.6 Å². The monoisotopic (exact) mass is 367 g/mol. The van der Waals surface area contributed by atoms with Crippen molar-refractivity contribution in [1.82, 2.24) is 10.4 Å². The SMILES string of the molecule is CCOc1ccc(/C=N\NC(=O)c2cc3c(OC)ccc(OC)c3[nH]2)cc1. The summed E-state index contributed by atoms with van der Waals surface area (Å²) in [5, 5.41) is 4.76. The maximum atomic E-state index is 12.4. The molecule has 1 heterocycles. The van der Waals surface area contributed by atoms with Crippen LogP contribution in [0.4, 0.5) is 0 Å². The van der Waals surface area contributed by atoms with Gasteiger partial charge in [-0.1, -0.05) is 0 Å². The number of fused-ring (bicyclic) bond motifs is 1. The van der Waals surface area contributed by atoms with Crippen LogP contribution in [0.3, 0.4) is 0 Å². The standard InChI is InChI=1S/C20H21N3O4/c1-4-27-14-7-5-13(6-8-14)12-21-23-20(24)16-11-15-17(25-2)9-10-18(26-3)19(15)22-16/h5-12,22H,4H2,1-3H3,(H,23,24)/b21-12-. The number of carbonyl (C=O) groups excluding carboxylic acids is 1. The second-order valence-electron chi connectivity index (χ2n) is 5.64. The molecule has 27 heavy (non-hydrogen) atoms. The molecule has 7 heteroatoms. The predicted octanol–water partition coefficient (Wildman–Crippen LogP) is 3.35. The minimum atomic E-state index is -0.363. The van der Waals surface area contributed by atoms with Gasteiger partial charge in [-0.25, -0.2) is 5.43 Å². The number of amides is 1. The van der Waals surface area contributed by atoms with Crippen molar-refractivity contribution in [2.45, 2.75) is 6.92 Å². The first kappa shape index (κ1) is 18.3. The summed E-state index contributed by atoms with van der Waals surface area (Å²) in [6.07, 6.45) is 1.57. The van der Waals surface area contributed by atoms with Crippen LogP contribution in [0, 0.1) is 0 Å². The molecular weight excluding hydrogens is 346 g/mol. The molecule has 1 amide bonds. The molecule has 0 aliphatic carbocycles. The molecule has 0 spiro atoms. The first-order valence-corrected chi connectivity index (χ1v) is 8.46. The van der Waals surface area contributed by atoms with E-state index in [2.05, 4.69) is 15.5 Å². The van der Waals surface area contributed by atoms with Crippen molar-refractivity contribution in [1.29, 1.82) is 0 Å². The number of hydrazone groups is 1. The quantitative estimate of drug-likeness (QED) is 0.495. The fourth-order valence-electron chi connectivity index (χ4n) is 2.68. The summed E-state index contributed by atoms with van der Waals surface area (Å²) in [6.45, 7) is 2.55. The predicted molar refractivity (Wildman–Crippen MR) is 104 cm³/mol. The number of rotatable bonds is 7. The molecule has 2 N–H and O–H groups in total. The van der Waals surface area contributed by atoms with E-state index >= 15 is 0 Å². The average molecular weight is 367 g/mol. The second kappa shape index (κ2) is 8.27. The highest BCUT2D eigenvalue weighted by Crippen LogP contribution is 2.33. The Morgan fingerprint density at radius 2 is 1.81 bits per heavy atom. The van der Waals surface area contributed by atoms with Gasteiger partial charge in [-0.3, -0.25) is 4.79 Å². The van der Waals surface area contributed by atoms with E-state index in [9.17, 15) is 4.79 Å². The number of nitrogens with one attached hydrogen (secondary N) is 2. The molecule has 2 aromatic carbocycles. The Morgan fingerprint density at radius 3 is 2.48 bits per heavy atom. The Labute approximate surface area is 156 Å². The second-order valence-corrected chi connectivity index (χ2v) is 5.64. The number of nitrogens with zero attached hydrogens (tertiary/aromatic N) is 1. The van der Waals surface area contributed by atoms with E-state index in [0.717, 1.165) is 16.7 Å². The number of ether oxygens (including phenoxy) is 3. The molecule has 3 rings (SSSR count). The summed E-state index contributed by atoms with van der Waals surface area (Å²) in [7, 11) is 3.15. The number of aromatic nitrogens is 1. The molecule has 7 nitrogen and oxygen atoms in total. The van der Waals surface area contributed by atoms with Gasteiger partial charge >= 0.3 is 0 Å². The van der Waals surface area contributed by atoms with Crippen LogP contribution >= 0.6 is 0 Å². The molecule has 0 fully saturated rings. The lowest BCUT2D eigenvalue weighted by atomic mass is 10.2. The molecule has 0 unspecified atom stereocenters. The number of H-pyrrole nitrogens is 1. The number of hydrogen-bond donors (Lipinski definition) is 2. The summed E-state index contributed by atoms with van der Waals surface area (Å²) in [4.78, 5) is 15.4. The molecular formula is C20H21N3O4. The highest BCUT2D eigenvalue weighted by atomic mass is 16.5. The number of aromatic amines is 1. The summed E-state index contributed by atoms with van der Waals surface area (Å²) in [5.41, 5.74) is 4.41. The zero-order chi connectivity index (χ0) is 19.2. The van der Waals surface area contributed by atoms with Gasteiger partial charge in [0.15, 0.2) is 0 Å². The summed E-state index contributed by atoms with van der Waals surface area (Å²) >= 11 is 0. The topological polar surface area (TPSA) is 84.9 Å². The van der Waals surface area contributed by atoms with E-state index in [0.29, 0.717) is 29.3 Å². The number of carbonyl (C=O) groups is 1. The highest BCUT2D eigenvalue weighted by molar-refractivity contribution is 6.01. The molecule has 0 aliphatic heterocycles. The first-order valence-electron chi connectivity index (χ1n) is 8.46. The van der Waals surface area contributed by atoms with Gasteiger partial charge in [0, 0.05) is 5.39 Å². The molecule has 0 atom stereocenters. The fourth-order valence-corrected chi connectivity index (χ4v) is 2.68. The van der Waals surface area contributed by atoms with Crippen molar-refractivity contribution in [2.75, 3.05) is 20.8 Å². The molecule has 0 aliphatic rings. The number of hydrogen-bond acceptors (Lipinski definition) is 5. The molecule has 0 saturated heterocycles. The van der Waals surface area contributed by atoms with Gasteiger partial charge in [-0.15, -0.1) is 0 Å². The van der Waals surface area contributed by atoms with Crippen LogP contribution in [0.2, 0.25) is 0 Å². The van der Waals surface area contributed by atoms with Gasteiger partial charge < -0.3 is 19.2 Å². The third-order valence-electron chi connectivity index (χ3n) is 3.97. The third kappa shape index (κ3) is 4.03. The van der Waals surface area contributed by atoms with Gasteiger partial charge in [0.2, 0.25) is 0 Å². The number of methoxy groups -OCH3 is 2. The van der Waals surface area contributed by atoms with Crippen LogP contribution in [0.1, 0.15) is 23.0 Å². The zero-order valence-electron chi connectivity index (χ0n) is 15.4. The van der Waals surface area contributed by atoms with Gasteiger partial charge in [0.25, 0.3) is 5.91 Å². The molecule has 0 radical (unpaired) electrons. The molecule has 0 bridgehead atoms. The van der Waals surface area contributed by atoms with Crippen LogP contribution in [0.5, 0.6) is 17.2 Å². The van der Waals surface area contributed by atoms with Gasteiger partial charge in [-0.05, 0) is 55.0 Å². The Morgan fingerprint density at radius 1 is 1.11 bits per heavy atom. The van der Waals surface area contributed by atoms with E-state index in [1.807, 2.05) is 31.2 Å². The van der Waals surface area contributed by atoms with E-state index in [-0.39, 0.29) is 5.91 Å². The third-order valence-corrected chi connectivity index (χ3v) is 3.97. The van der Waals surface area contributed by atoms with Crippen molar-refractivity contribution in [3.8, 4) is 17.2 Å². The van der Waals surface area contributed by atoms with Gasteiger partial charge in [0.05, 0.1) is 32.6 Å². The lowest BCUT2D eigenvalue weighted by molar-refractivity contribution is 0.0951. The lowest BCUT2D eigenvalue weighted by Gasteiger charge is -2.05. The highest BCUT2D eigenvalue weighted by Gasteiger charge is 2.15. The maximum Gasteiger partial charge on any atom is 0.287 e. The van der Waals surface area contributed by atoms with E-state index in [1.54, 1.807) is 38.6 Å². The van der Waals surface area contributed by atoms with Crippen LogP contribution in [0.25, 0.3) is 10.9 Å². The lowest BCUT2D eigenvalue weighted by Crippen LogP contribution is -2.17. The van der Waals surface area contributed by atoms with Crippen molar-refractivity contribution in [2.24, 2.45) is 5.10 Å². The zero-order valence-corrected chi connectivity index (χ0v) is 15.4. The van der Waals surface area contributed by atoms with Crippen LogP contribution in [-0.2, 0) is 0 Å². The molecule has 140 valence electrons.